The van der Waals surface area contributed by atoms with Crippen molar-refractivity contribution in [3.8, 4) is 0 Å². The number of urea groups is 1. The molecule has 15 nitrogen and oxygen atoms in total. The SMILES string of the molecule is NC(=O)Nc1cc(N)c(S(=O)(=O)O)cc1N=Nc1ccc(S(=O)(=O)CCOS(=O)(=O)O)cc1. The largest absolute Gasteiger partial charge is 0.398 e. The van der Waals surface area contributed by atoms with E-state index in [-0.39, 0.29) is 22.0 Å². The Morgan fingerprint density at radius 2 is 1.61 bits per heavy atom. The molecule has 0 aliphatic heterocycles. The van der Waals surface area contributed by atoms with E-state index in [4.69, 9.17) is 16.0 Å². The molecule has 2 aromatic carbocycles. The summed E-state index contributed by atoms with van der Waals surface area (Å²) in [6, 6.07) is 5.53. The first-order valence-electron chi connectivity index (χ1n) is 8.42. The molecule has 0 aromatic heterocycles. The number of benzene rings is 2. The molecule has 0 fully saturated rings. The van der Waals surface area contributed by atoms with Gasteiger partial charge in [-0.1, -0.05) is 0 Å². The number of nitrogens with zero attached hydrogens (tertiary/aromatic N) is 2. The average Bonchev–Trinajstić information content (AvgIpc) is 2.65. The lowest BCUT2D eigenvalue weighted by atomic mass is 10.2. The maximum absolute atomic E-state index is 12.2. The number of rotatable bonds is 9. The van der Waals surface area contributed by atoms with Gasteiger partial charge in [-0.25, -0.2) is 17.4 Å². The van der Waals surface area contributed by atoms with Gasteiger partial charge in [-0.05, 0) is 36.4 Å². The van der Waals surface area contributed by atoms with Crippen LogP contribution in [0.15, 0.2) is 56.4 Å². The normalized spacial score (nSPS) is 12.7. The molecule has 0 bridgehead atoms. The Bertz CT molecular complexity index is 1400. The zero-order valence-corrected chi connectivity index (χ0v) is 18.8. The van der Waals surface area contributed by atoms with Crippen molar-refractivity contribution < 1.29 is 43.3 Å². The number of azo groups is 1. The Morgan fingerprint density at radius 1 is 1.00 bits per heavy atom. The van der Waals surface area contributed by atoms with Crippen molar-refractivity contribution in [1.82, 2.24) is 0 Å². The minimum Gasteiger partial charge on any atom is -0.398 e. The lowest BCUT2D eigenvalue weighted by Crippen LogP contribution is -2.19. The van der Waals surface area contributed by atoms with Gasteiger partial charge in [-0.15, -0.1) is 5.11 Å². The summed E-state index contributed by atoms with van der Waals surface area (Å²) in [4.78, 5) is 10.3. The first-order chi connectivity index (χ1) is 15.1. The summed E-state index contributed by atoms with van der Waals surface area (Å²) in [6.45, 7) is -0.800. The Kier molecular flexibility index (Phi) is 7.72. The summed E-state index contributed by atoms with van der Waals surface area (Å²) in [6.07, 6.45) is 0. The van der Waals surface area contributed by atoms with Gasteiger partial charge in [0.05, 0.1) is 34.3 Å². The number of nitrogens with two attached hydrogens (primary N) is 2. The standard InChI is InChI=1S/C15H17N5O10S3/c16-11-7-12(18-15(17)21)13(8-14(11)32(24,25)26)20-19-9-1-3-10(4-2-9)31(22,23)6-5-30-33(27,28)29/h1-4,7-8H,5-6,16H2,(H3,17,18,21)(H,24,25,26)(H,27,28,29). The minimum absolute atomic E-state index is 0.0957. The van der Waals surface area contributed by atoms with E-state index in [1.165, 1.54) is 12.1 Å². The zero-order chi connectivity index (χ0) is 25.0. The van der Waals surface area contributed by atoms with Crippen LogP contribution < -0.4 is 16.8 Å². The molecule has 2 rings (SSSR count). The third-order valence-corrected chi connectivity index (χ3v) is 6.79. The van der Waals surface area contributed by atoms with Gasteiger partial charge in [-0.3, -0.25) is 9.11 Å². The maximum atomic E-state index is 12.2. The number of nitrogen functional groups attached to an aromatic ring is 1. The van der Waals surface area contributed by atoms with Crippen LogP contribution in [-0.2, 0) is 34.5 Å². The second kappa shape index (κ2) is 9.77. The van der Waals surface area contributed by atoms with E-state index in [1.54, 1.807) is 0 Å². The van der Waals surface area contributed by atoms with Gasteiger partial charge >= 0.3 is 16.4 Å². The van der Waals surface area contributed by atoms with Crippen molar-refractivity contribution in [1.29, 1.82) is 0 Å². The fourth-order valence-electron chi connectivity index (χ4n) is 2.32. The van der Waals surface area contributed by atoms with E-state index in [0.29, 0.717) is 0 Å². The first kappa shape index (κ1) is 26.1. The number of hydrogen-bond acceptors (Lipinski definition) is 11. The monoisotopic (exact) mass is 523 g/mol. The van der Waals surface area contributed by atoms with Crippen LogP contribution in [0.3, 0.4) is 0 Å². The first-order valence-corrected chi connectivity index (χ1v) is 12.9. The molecule has 7 N–H and O–H groups in total. The number of carbonyl (C=O) groups is 1. The molecule has 33 heavy (non-hydrogen) atoms. The Labute approximate surface area is 188 Å². The quantitative estimate of drug-likeness (QED) is 0.176. The zero-order valence-electron chi connectivity index (χ0n) is 16.3. The number of amides is 2. The van der Waals surface area contributed by atoms with Crippen molar-refractivity contribution in [2.24, 2.45) is 16.0 Å². The van der Waals surface area contributed by atoms with Gasteiger partial charge in [0, 0.05) is 0 Å². The lowest BCUT2D eigenvalue weighted by molar-refractivity contribution is 0.259. The summed E-state index contributed by atoms with van der Waals surface area (Å²) >= 11 is 0. The highest BCUT2D eigenvalue weighted by molar-refractivity contribution is 7.91. The molecule has 2 aromatic rings. The van der Waals surface area contributed by atoms with E-state index in [0.717, 1.165) is 24.3 Å². The molecular formula is C15H17N5O10S3. The number of nitrogens with one attached hydrogen (secondary N) is 1. The fourth-order valence-corrected chi connectivity index (χ4v) is 4.43. The van der Waals surface area contributed by atoms with Gasteiger partial charge in [0.25, 0.3) is 10.1 Å². The molecule has 0 atom stereocenters. The van der Waals surface area contributed by atoms with Crippen molar-refractivity contribution in [2.75, 3.05) is 23.4 Å². The Morgan fingerprint density at radius 3 is 2.12 bits per heavy atom. The molecule has 0 spiro atoms. The van der Waals surface area contributed by atoms with Gasteiger partial charge in [0.1, 0.15) is 10.6 Å². The van der Waals surface area contributed by atoms with Crippen molar-refractivity contribution in [2.45, 2.75) is 9.79 Å². The minimum atomic E-state index is -4.78. The van der Waals surface area contributed by atoms with Gasteiger partial charge in [0.2, 0.25) is 0 Å². The number of anilines is 2. The second-order valence-electron chi connectivity index (χ2n) is 6.13. The van der Waals surface area contributed by atoms with Gasteiger partial charge in [-0.2, -0.15) is 21.9 Å². The molecule has 0 unspecified atom stereocenters. The van der Waals surface area contributed by atoms with Crippen LogP contribution in [0.2, 0.25) is 0 Å². The number of primary amides is 1. The summed E-state index contributed by atoms with van der Waals surface area (Å²) in [7, 11) is -13.5. The molecule has 2 amide bonds. The predicted octanol–water partition coefficient (Wildman–Crippen LogP) is 1.01. The van der Waals surface area contributed by atoms with Crippen LogP contribution in [0, 0.1) is 0 Å². The highest BCUT2D eigenvalue weighted by Crippen LogP contribution is 2.34. The number of sulfone groups is 1. The number of hydrogen-bond donors (Lipinski definition) is 5. The lowest BCUT2D eigenvalue weighted by Gasteiger charge is -2.09. The molecule has 0 aliphatic carbocycles. The van der Waals surface area contributed by atoms with Gasteiger partial charge < -0.3 is 16.8 Å². The van der Waals surface area contributed by atoms with Crippen LogP contribution in [0.5, 0.6) is 0 Å². The summed E-state index contributed by atoms with van der Waals surface area (Å²) < 4.78 is 89.9. The molecule has 0 radical (unpaired) electrons. The van der Waals surface area contributed by atoms with Crippen LogP contribution in [0.25, 0.3) is 0 Å². The molecule has 0 heterocycles. The predicted molar refractivity (Wildman–Crippen MR) is 114 cm³/mol. The van der Waals surface area contributed by atoms with E-state index >= 15 is 0 Å². The summed E-state index contributed by atoms with van der Waals surface area (Å²) in [5.74, 6) is -0.736. The van der Waals surface area contributed by atoms with Gasteiger partial charge in [0.15, 0.2) is 9.84 Å². The van der Waals surface area contributed by atoms with E-state index in [9.17, 15) is 34.6 Å². The van der Waals surface area contributed by atoms with E-state index < -0.39 is 59.3 Å². The third-order valence-electron chi connectivity index (χ3n) is 3.72. The van der Waals surface area contributed by atoms with E-state index in [1.807, 2.05) is 0 Å². The van der Waals surface area contributed by atoms with Crippen molar-refractivity contribution in [3.63, 3.8) is 0 Å². The highest BCUT2D eigenvalue weighted by Gasteiger charge is 2.19. The van der Waals surface area contributed by atoms with E-state index in [2.05, 4.69) is 19.7 Å². The maximum Gasteiger partial charge on any atom is 0.397 e. The fraction of sp³-hybridized carbons (Fsp3) is 0.133. The number of carbonyl (C=O) groups excluding carboxylic acids is 1. The van der Waals surface area contributed by atoms with Crippen molar-refractivity contribution in [3.05, 3.63) is 36.4 Å². The van der Waals surface area contributed by atoms with Crippen LogP contribution in [-0.4, -0.2) is 52.7 Å². The summed E-state index contributed by atoms with van der Waals surface area (Å²) in [5, 5.41) is 9.74. The van der Waals surface area contributed by atoms with Crippen molar-refractivity contribution >= 4 is 59.1 Å². The smallest absolute Gasteiger partial charge is 0.397 e. The molecule has 0 aliphatic rings. The van der Waals surface area contributed by atoms with Crippen LogP contribution in [0.4, 0.5) is 27.5 Å². The topological polar surface area (TPSA) is 258 Å². The molecule has 180 valence electrons. The molecule has 18 heteroatoms. The second-order valence-corrected chi connectivity index (χ2v) is 10.7. The third kappa shape index (κ3) is 7.73. The average molecular weight is 524 g/mol. The summed E-state index contributed by atoms with van der Waals surface area (Å²) in [5.41, 5.74) is 9.95. The molecule has 0 saturated carbocycles. The highest BCUT2D eigenvalue weighted by atomic mass is 32.3. The van der Waals surface area contributed by atoms with Crippen LogP contribution >= 0.6 is 0 Å². The van der Waals surface area contributed by atoms with Crippen LogP contribution in [0.1, 0.15) is 0 Å². The molecular weight excluding hydrogens is 506 g/mol. The Hall–Kier alpha value is -3.16. The molecule has 0 saturated heterocycles. The Balaban J connectivity index is 2.31.